The van der Waals surface area contributed by atoms with Gasteiger partial charge in [-0.3, -0.25) is 14.4 Å². The number of nitrogens with one attached hydrogen (secondary N) is 1. The largest absolute Gasteiger partial charge is 0.478 e. The van der Waals surface area contributed by atoms with Crippen molar-refractivity contribution in [2.45, 2.75) is 57.4 Å². The van der Waals surface area contributed by atoms with Crippen LogP contribution in [0.5, 0.6) is 5.75 Å². The van der Waals surface area contributed by atoms with Crippen LogP contribution in [0, 0.1) is 5.41 Å². The molecular formula is C31H34ClN3O9. The molecular weight excluding hydrogens is 594 g/mol. The molecule has 0 saturated carbocycles. The summed E-state index contributed by atoms with van der Waals surface area (Å²) in [5.41, 5.74) is -2.73. The topological polar surface area (TPSA) is 174 Å². The maximum absolute atomic E-state index is 13.8. The molecule has 2 heterocycles. The van der Waals surface area contributed by atoms with Crippen LogP contribution in [-0.4, -0.2) is 81.2 Å². The summed E-state index contributed by atoms with van der Waals surface area (Å²) in [7, 11) is 1.62. The molecule has 2 aromatic rings. The molecule has 3 atom stereocenters. The van der Waals surface area contributed by atoms with E-state index in [1.54, 1.807) is 52.1 Å². The van der Waals surface area contributed by atoms with Gasteiger partial charge in [0.15, 0.2) is 0 Å². The maximum atomic E-state index is 13.8. The van der Waals surface area contributed by atoms with Crippen LogP contribution < -0.4 is 15.0 Å². The Morgan fingerprint density at radius 2 is 1.80 bits per heavy atom. The summed E-state index contributed by atoms with van der Waals surface area (Å²) in [4.78, 5) is 66.6. The van der Waals surface area contributed by atoms with Crippen molar-refractivity contribution in [2.75, 3.05) is 18.5 Å². The normalized spacial score (nSPS) is 19.6. The van der Waals surface area contributed by atoms with Gasteiger partial charge in [-0.05, 0) is 60.2 Å². The first-order valence-corrected chi connectivity index (χ1v) is 14.3. The van der Waals surface area contributed by atoms with Gasteiger partial charge < -0.3 is 35.2 Å². The van der Waals surface area contributed by atoms with Crippen molar-refractivity contribution in [3.63, 3.8) is 0 Å². The number of ether oxygens (including phenoxy) is 1. The number of carbonyl (C=O) groups excluding carboxylic acids is 3. The Hall–Kier alpha value is -4.42. The fourth-order valence-electron chi connectivity index (χ4n) is 5.34. The second-order valence-corrected chi connectivity index (χ2v) is 12.3. The molecule has 0 aromatic heterocycles. The first-order valence-electron chi connectivity index (χ1n) is 13.9. The molecule has 12 nitrogen and oxygen atoms in total. The van der Waals surface area contributed by atoms with Gasteiger partial charge in [0.25, 0.3) is 0 Å². The highest BCUT2D eigenvalue weighted by molar-refractivity contribution is 6.31. The van der Waals surface area contributed by atoms with Crippen LogP contribution in [0.2, 0.25) is 5.02 Å². The van der Waals surface area contributed by atoms with Gasteiger partial charge >= 0.3 is 17.5 Å². The first kappa shape index (κ1) is 32.5. The highest BCUT2D eigenvalue weighted by atomic mass is 35.5. The number of fused-ring (bicyclic) bond motifs is 1. The number of anilines is 1. The number of carboxylic acid groups (broad SMARTS) is 2. The van der Waals surface area contributed by atoms with E-state index in [1.807, 2.05) is 0 Å². The van der Waals surface area contributed by atoms with Gasteiger partial charge in [0, 0.05) is 35.9 Å². The molecule has 3 amide bonds. The van der Waals surface area contributed by atoms with Gasteiger partial charge in [-0.25, -0.2) is 9.59 Å². The molecule has 0 aliphatic carbocycles. The third-order valence-corrected chi connectivity index (χ3v) is 8.03. The highest BCUT2D eigenvalue weighted by Crippen LogP contribution is 2.44. The van der Waals surface area contributed by atoms with Gasteiger partial charge in [-0.2, -0.15) is 0 Å². The molecule has 1 saturated heterocycles. The number of hydrogen-bond acceptors (Lipinski definition) is 7. The zero-order valence-electron chi connectivity index (χ0n) is 24.6. The number of likely N-dealkylation sites (tertiary alicyclic amines) is 1. The zero-order valence-corrected chi connectivity index (χ0v) is 25.4. The van der Waals surface area contributed by atoms with Gasteiger partial charge in [0.2, 0.25) is 17.7 Å². The van der Waals surface area contributed by atoms with Crippen molar-refractivity contribution in [3.8, 4) is 5.75 Å². The number of aliphatic hydroxyl groups excluding tert-OH is 1. The Morgan fingerprint density at radius 3 is 2.41 bits per heavy atom. The van der Waals surface area contributed by atoms with Crippen molar-refractivity contribution in [3.05, 3.63) is 64.7 Å². The predicted octanol–water partition coefficient (Wildman–Crippen LogP) is 2.87. The number of nitrogens with zero attached hydrogens (tertiary/aromatic N) is 2. The fourth-order valence-corrected chi connectivity index (χ4v) is 5.52. The van der Waals surface area contributed by atoms with E-state index in [1.165, 1.54) is 34.1 Å². The molecule has 0 radical (unpaired) electrons. The third-order valence-electron chi connectivity index (χ3n) is 7.79. The molecule has 234 valence electrons. The summed E-state index contributed by atoms with van der Waals surface area (Å²) < 4.78 is 5.12. The summed E-state index contributed by atoms with van der Waals surface area (Å²) in [5.74, 6) is -5.11. The number of likely N-dealkylation sites (N-methyl/N-ethyl adjacent to an activating group) is 1. The van der Waals surface area contributed by atoms with Crippen molar-refractivity contribution in [2.24, 2.45) is 5.41 Å². The SMILES string of the molecule is CN(C(=O)C1CCCN1C(=O)C(NC(=O)/C=C/c1ccc2c(c1)C(O)C(C(=O)O)(C(=O)O)O2)C(C)(C)C)c1cccc(Cl)c1. The third kappa shape index (κ3) is 6.13. The molecule has 4 N–H and O–H groups in total. The van der Waals surface area contributed by atoms with Crippen LogP contribution >= 0.6 is 11.6 Å². The zero-order chi connectivity index (χ0) is 32.6. The molecule has 0 spiro atoms. The number of rotatable bonds is 8. The van der Waals surface area contributed by atoms with E-state index in [0.29, 0.717) is 35.7 Å². The minimum absolute atomic E-state index is 0.0624. The standard InChI is InChI=1S/C31H34ClN3O9/c1-30(2,3)24(27(39)35-14-6-9-21(35)26(38)34(4)19-8-5-7-18(32)16-19)33-23(36)13-11-17-10-12-22-20(15-17)25(37)31(44-22,28(40)41)29(42)43/h5,7-8,10-13,15-16,21,24-25,37H,6,9,14H2,1-4H3,(H,33,36)(H,40,41)(H,42,43)/b13-11+. The lowest BCUT2D eigenvalue weighted by atomic mass is 9.85. The Balaban J connectivity index is 1.49. The molecule has 1 fully saturated rings. The van der Waals surface area contributed by atoms with E-state index in [-0.39, 0.29) is 17.2 Å². The minimum atomic E-state index is -2.89. The summed E-state index contributed by atoms with van der Waals surface area (Å²) >= 11 is 6.09. The number of benzene rings is 2. The van der Waals surface area contributed by atoms with E-state index in [4.69, 9.17) is 16.3 Å². The number of hydrogen-bond donors (Lipinski definition) is 4. The summed E-state index contributed by atoms with van der Waals surface area (Å²) in [6.07, 6.45) is 1.63. The Morgan fingerprint density at radius 1 is 1.11 bits per heavy atom. The van der Waals surface area contributed by atoms with Crippen LogP contribution in [0.25, 0.3) is 6.08 Å². The van der Waals surface area contributed by atoms with Crippen LogP contribution in [0.3, 0.4) is 0 Å². The molecule has 44 heavy (non-hydrogen) atoms. The predicted molar refractivity (Wildman–Crippen MR) is 160 cm³/mol. The fraction of sp³-hybridized carbons (Fsp3) is 0.387. The minimum Gasteiger partial charge on any atom is -0.478 e. The van der Waals surface area contributed by atoms with Gasteiger partial charge in [0.1, 0.15) is 23.9 Å². The van der Waals surface area contributed by atoms with E-state index in [2.05, 4.69) is 5.32 Å². The Kier molecular flexibility index (Phi) is 9.08. The van der Waals surface area contributed by atoms with Crippen molar-refractivity contribution in [1.82, 2.24) is 10.2 Å². The van der Waals surface area contributed by atoms with E-state index in [0.717, 1.165) is 6.08 Å². The second-order valence-electron chi connectivity index (χ2n) is 11.9. The Labute approximate surface area is 258 Å². The lowest BCUT2D eigenvalue weighted by Crippen LogP contribution is -2.57. The molecule has 2 aliphatic rings. The number of halogens is 1. The maximum Gasteiger partial charge on any atom is 0.363 e. The summed E-state index contributed by atoms with van der Waals surface area (Å²) in [6.45, 7) is 5.74. The first-order chi connectivity index (χ1) is 20.6. The van der Waals surface area contributed by atoms with E-state index >= 15 is 0 Å². The average molecular weight is 628 g/mol. The molecule has 13 heteroatoms. The molecule has 0 bridgehead atoms. The van der Waals surface area contributed by atoms with Crippen molar-refractivity contribution >= 4 is 53.0 Å². The van der Waals surface area contributed by atoms with Crippen LogP contribution in [0.15, 0.2) is 48.5 Å². The molecule has 3 unspecified atom stereocenters. The lowest BCUT2D eigenvalue weighted by Gasteiger charge is -2.36. The van der Waals surface area contributed by atoms with E-state index in [9.17, 15) is 39.3 Å². The highest BCUT2D eigenvalue weighted by Gasteiger charge is 2.61. The molecule has 2 aliphatic heterocycles. The second kappa shape index (κ2) is 12.3. The summed E-state index contributed by atoms with van der Waals surface area (Å²) in [5, 5.41) is 32.6. The smallest absolute Gasteiger partial charge is 0.363 e. The number of aliphatic carboxylic acids is 2. The van der Waals surface area contributed by atoms with Gasteiger partial charge in [0.05, 0.1) is 0 Å². The number of carboxylic acids is 2. The van der Waals surface area contributed by atoms with Gasteiger partial charge in [-0.15, -0.1) is 0 Å². The van der Waals surface area contributed by atoms with Crippen molar-refractivity contribution in [1.29, 1.82) is 0 Å². The number of amides is 3. The lowest BCUT2D eigenvalue weighted by molar-refractivity contribution is -0.180. The van der Waals surface area contributed by atoms with Crippen LogP contribution in [-0.2, 0) is 24.0 Å². The quantitative estimate of drug-likeness (QED) is 0.253. The van der Waals surface area contributed by atoms with Gasteiger partial charge in [-0.1, -0.05) is 44.5 Å². The van der Waals surface area contributed by atoms with Crippen LogP contribution in [0.1, 0.15) is 50.8 Å². The number of aliphatic hydroxyl groups is 1. The number of carbonyl (C=O) groups is 5. The summed E-state index contributed by atoms with van der Waals surface area (Å²) in [6, 6.07) is 9.22. The average Bonchev–Trinajstić information content (AvgIpc) is 3.56. The van der Waals surface area contributed by atoms with E-state index < -0.39 is 53.0 Å². The molecule has 4 rings (SSSR count). The van der Waals surface area contributed by atoms with Crippen LogP contribution in [0.4, 0.5) is 5.69 Å². The van der Waals surface area contributed by atoms with Crippen molar-refractivity contribution < 1.29 is 44.0 Å². The molecule has 2 aromatic carbocycles. The monoisotopic (exact) mass is 627 g/mol. The Bertz CT molecular complexity index is 1520.